The summed E-state index contributed by atoms with van der Waals surface area (Å²) in [5.74, 6) is -1.64. The third-order valence-electron chi connectivity index (χ3n) is 7.68. The predicted octanol–water partition coefficient (Wildman–Crippen LogP) is 7.98. The minimum absolute atomic E-state index is 0.0347. The molecule has 0 saturated heterocycles. The molecule has 0 radical (unpaired) electrons. The molecular formula is C29H56NO4+. The van der Waals surface area contributed by atoms with Crippen molar-refractivity contribution >= 4 is 11.9 Å². The summed E-state index contributed by atoms with van der Waals surface area (Å²) in [4.78, 5) is 23.3. The molecule has 0 aliphatic rings. The van der Waals surface area contributed by atoms with Gasteiger partial charge in [0.05, 0.1) is 20.6 Å². The lowest BCUT2D eigenvalue weighted by molar-refractivity contribution is -0.931. The third kappa shape index (κ3) is 14.1. The van der Waals surface area contributed by atoms with Crippen molar-refractivity contribution in [2.75, 3.05) is 20.6 Å². The maximum absolute atomic E-state index is 12.3. The van der Waals surface area contributed by atoms with Crippen LogP contribution in [-0.2, 0) is 9.59 Å². The minimum atomic E-state index is -0.897. The second-order valence-electron chi connectivity index (χ2n) is 10.6. The van der Waals surface area contributed by atoms with E-state index in [2.05, 4.69) is 19.1 Å². The highest BCUT2D eigenvalue weighted by Crippen LogP contribution is 2.33. The molecule has 34 heavy (non-hydrogen) atoms. The van der Waals surface area contributed by atoms with Gasteiger partial charge in [0, 0.05) is 19.3 Å². The first-order valence-electron chi connectivity index (χ1n) is 14.2. The Morgan fingerprint density at radius 2 is 1.12 bits per heavy atom. The van der Waals surface area contributed by atoms with Crippen LogP contribution >= 0.6 is 0 Å². The van der Waals surface area contributed by atoms with Crippen LogP contribution < -0.4 is 0 Å². The van der Waals surface area contributed by atoms with Gasteiger partial charge in [0.25, 0.3) is 0 Å². The van der Waals surface area contributed by atoms with Gasteiger partial charge in [-0.1, -0.05) is 83.3 Å². The number of allylic oxidation sites excluding steroid dienone is 2. The Hall–Kier alpha value is -1.36. The standard InChI is InChI=1S/C29H55NO4/c1-5-7-8-9-10-11-12-13-14-15-16-17-18-19-20-21-22-25-29(28(33)34,30(3,4)6-2)26-23-24-27(31)32/h13-14H,5-12,15-26H2,1-4H3,(H-,31,32,33,34)/p+1/b14-13-. The highest BCUT2D eigenvalue weighted by atomic mass is 16.4. The van der Waals surface area contributed by atoms with Gasteiger partial charge < -0.3 is 14.7 Å². The zero-order chi connectivity index (χ0) is 25.7. The van der Waals surface area contributed by atoms with E-state index in [9.17, 15) is 14.7 Å². The Balaban J connectivity index is 4.05. The van der Waals surface area contributed by atoms with E-state index in [0.717, 1.165) is 19.3 Å². The van der Waals surface area contributed by atoms with Crippen molar-refractivity contribution in [1.82, 2.24) is 0 Å². The Labute approximate surface area is 210 Å². The van der Waals surface area contributed by atoms with Crippen molar-refractivity contribution in [2.24, 2.45) is 0 Å². The molecule has 0 heterocycles. The number of aliphatic carboxylic acids is 2. The molecule has 1 atom stereocenters. The average molecular weight is 483 g/mol. The van der Waals surface area contributed by atoms with E-state index < -0.39 is 17.5 Å². The molecular weight excluding hydrogens is 426 g/mol. The lowest BCUT2D eigenvalue weighted by Crippen LogP contribution is -2.64. The first kappa shape index (κ1) is 32.6. The Kier molecular flexibility index (Phi) is 19.1. The fourth-order valence-corrected chi connectivity index (χ4v) is 4.88. The van der Waals surface area contributed by atoms with Crippen molar-refractivity contribution in [3.05, 3.63) is 12.2 Å². The molecule has 0 spiro atoms. The number of carboxylic acid groups (broad SMARTS) is 2. The summed E-state index contributed by atoms with van der Waals surface area (Å²) < 4.78 is 0.397. The first-order chi connectivity index (χ1) is 16.2. The number of nitrogens with zero attached hydrogens (tertiary/aromatic N) is 1. The fraction of sp³-hybridized carbons (Fsp3) is 0.862. The second-order valence-corrected chi connectivity index (χ2v) is 10.6. The van der Waals surface area contributed by atoms with Gasteiger partial charge in [-0.3, -0.25) is 4.79 Å². The van der Waals surface area contributed by atoms with Gasteiger partial charge in [-0.05, 0) is 45.4 Å². The average Bonchev–Trinajstić information content (AvgIpc) is 2.79. The molecule has 2 N–H and O–H groups in total. The molecule has 0 aromatic carbocycles. The number of quaternary nitrogens is 1. The second kappa shape index (κ2) is 19.9. The summed E-state index contributed by atoms with van der Waals surface area (Å²) in [5.41, 5.74) is -0.897. The first-order valence-corrected chi connectivity index (χ1v) is 14.2. The quantitative estimate of drug-likeness (QED) is 0.0830. The van der Waals surface area contributed by atoms with Crippen LogP contribution in [-0.4, -0.2) is 52.8 Å². The molecule has 0 amide bonds. The van der Waals surface area contributed by atoms with Gasteiger partial charge in [0.1, 0.15) is 0 Å². The van der Waals surface area contributed by atoms with Crippen LogP contribution in [0.2, 0.25) is 0 Å². The van der Waals surface area contributed by atoms with Crippen LogP contribution in [0.3, 0.4) is 0 Å². The summed E-state index contributed by atoms with van der Waals surface area (Å²) in [6, 6.07) is 0. The fourth-order valence-electron chi connectivity index (χ4n) is 4.88. The van der Waals surface area contributed by atoms with Crippen molar-refractivity contribution in [3.8, 4) is 0 Å². The molecule has 0 aromatic rings. The van der Waals surface area contributed by atoms with Gasteiger partial charge in [-0.2, -0.15) is 0 Å². The molecule has 0 aliphatic heterocycles. The molecule has 0 bridgehead atoms. The monoisotopic (exact) mass is 482 g/mol. The van der Waals surface area contributed by atoms with E-state index in [4.69, 9.17) is 5.11 Å². The molecule has 5 heteroatoms. The molecule has 0 aromatic heterocycles. The van der Waals surface area contributed by atoms with E-state index in [-0.39, 0.29) is 6.42 Å². The van der Waals surface area contributed by atoms with E-state index in [1.165, 1.54) is 77.0 Å². The Morgan fingerprint density at radius 1 is 0.676 bits per heavy atom. The van der Waals surface area contributed by atoms with E-state index in [1.807, 2.05) is 21.0 Å². The molecule has 5 nitrogen and oxygen atoms in total. The van der Waals surface area contributed by atoms with Crippen LogP contribution in [0.15, 0.2) is 12.2 Å². The van der Waals surface area contributed by atoms with Crippen molar-refractivity contribution in [3.63, 3.8) is 0 Å². The van der Waals surface area contributed by atoms with Crippen LogP contribution in [0.25, 0.3) is 0 Å². The van der Waals surface area contributed by atoms with Crippen LogP contribution in [0.1, 0.15) is 136 Å². The maximum atomic E-state index is 12.3. The van der Waals surface area contributed by atoms with E-state index >= 15 is 0 Å². The number of carboxylic acids is 2. The smallest absolute Gasteiger partial charge is 0.365 e. The molecule has 0 saturated carbocycles. The van der Waals surface area contributed by atoms with Crippen molar-refractivity contribution in [1.29, 1.82) is 0 Å². The Morgan fingerprint density at radius 3 is 1.56 bits per heavy atom. The largest absolute Gasteiger partial charge is 0.481 e. The number of unbranched alkanes of at least 4 members (excludes halogenated alkanes) is 13. The van der Waals surface area contributed by atoms with Crippen molar-refractivity contribution in [2.45, 2.75) is 141 Å². The highest BCUT2D eigenvalue weighted by molar-refractivity contribution is 5.77. The zero-order valence-corrected chi connectivity index (χ0v) is 23.0. The van der Waals surface area contributed by atoms with Gasteiger partial charge in [-0.25, -0.2) is 4.79 Å². The van der Waals surface area contributed by atoms with Crippen LogP contribution in [0, 0.1) is 0 Å². The van der Waals surface area contributed by atoms with Gasteiger partial charge in [-0.15, -0.1) is 0 Å². The lowest BCUT2D eigenvalue weighted by Gasteiger charge is -2.45. The SMILES string of the molecule is CCCCCCCC/C=C\CCCCCCCCCC(CCCC(=O)O)(C(=O)O)[N+](C)(C)CC. The molecule has 0 aliphatic carbocycles. The summed E-state index contributed by atoms with van der Waals surface area (Å²) in [6.07, 6.45) is 24.9. The topological polar surface area (TPSA) is 74.6 Å². The van der Waals surface area contributed by atoms with E-state index in [1.54, 1.807) is 0 Å². The maximum Gasteiger partial charge on any atom is 0.365 e. The van der Waals surface area contributed by atoms with Gasteiger partial charge in [0.2, 0.25) is 0 Å². The lowest BCUT2D eigenvalue weighted by atomic mass is 9.83. The summed E-state index contributed by atoms with van der Waals surface area (Å²) in [5, 5.41) is 19.1. The summed E-state index contributed by atoms with van der Waals surface area (Å²) in [7, 11) is 3.94. The van der Waals surface area contributed by atoms with E-state index in [0.29, 0.717) is 30.3 Å². The van der Waals surface area contributed by atoms with Crippen LogP contribution in [0.5, 0.6) is 0 Å². The number of rotatable bonds is 24. The summed E-state index contributed by atoms with van der Waals surface area (Å²) in [6.45, 7) is 4.99. The number of carbonyl (C=O) groups is 2. The number of likely N-dealkylation sites (N-methyl/N-ethyl adjacent to an activating group) is 1. The molecule has 200 valence electrons. The van der Waals surface area contributed by atoms with Crippen LogP contribution in [0.4, 0.5) is 0 Å². The predicted molar refractivity (Wildman–Crippen MR) is 143 cm³/mol. The summed E-state index contributed by atoms with van der Waals surface area (Å²) >= 11 is 0. The minimum Gasteiger partial charge on any atom is -0.481 e. The zero-order valence-electron chi connectivity index (χ0n) is 23.0. The number of hydrogen-bond donors (Lipinski definition) is 2. The van der Waals surface area contributed by atoms with Crippen molar-refractivity contribution < 1.29 is 24.3 Å². The van der Waals surface area contributed by atoms with Gasteiger partial charge in [0.15, 0.2) is 5.54 Å². The molecule has 0 rings (SSSR count). The Bertz CT molecular complexity index is 558. The number of hydrogen-bond acceptors (Lipinski definition) is 2. The highest BCUT2D eigenvalue weighted by Gasteiger charge is 2.50. The molecule has 0 fully saturated rings. The third-order valence-corrected chi connectivity index (χ3v) is 7.68. The molecule has 1 unspecified atom stereocenters. The normalized spacial score (nSPS) is 13.9. The van der Waals surface area contributed by atoms with Gasteiger partial charge >= 0.3 is 11.9 Å².